The van der Waals surface area contributed by atoms with E-state index < -0.39 is 0 Å². The lowest BCUT2D eigenvalue weighted by atomic mass is 10.1. The zero-order chi connectivity index (χ0) is 14.7. The number of aromatic nitrogens is 3. The summed E-state index contributed by atoms with van der Waals surface area (Å²) in [4.78, 5) is 5.70. The first kappa shape index (κ1) is 16.1. The lowest BCUT2D eigenvalue weighted by molar-refractivity contribution is 0.471. The molecule has 0 spiro atoms. The summed E-state index contributed by atoms with van der Waals surface area (Å²) in [6, 6.07) is 2.75. The van der Waals surface area contributed by atoms with Gasteiger partial charge in [-0.25, -0.2) is 9.67 Å². The average Bonchev–Trinajstić information content (AvgIpc) is 2.97. The van der Waals surface area contributed by atoms with E-state index in [2.05, 4.69) is 74.1 Å². The molecule has 0 radical (unpaired) electrons. The van der Waals surface area contributed by atoms with E-state index in [-0.39, 0.29) is 6.04 Å². The Labute approximate surface area is 140 Å². The lowest BCUT2D eigenvalue weighted by Crippen LogP contribution is -2.24. The highest BCUT2D eigenvalue weighted by molar-refractivity contribution is 9.13. The summed E-state index contributed by atoms with van der Waals surface area (Å²) in [6.07, 6.45) is 2.48. The Morgan fingerprint density at radius 2 is 2.15 bits per heavy atom. The number of rotatable bonds is 6. The van der Waals surface area contributed by atoms with Crippen molar-refractivity contribution in [1.29, 1.82) is 0 Å². The van der Waals surface area contributed by atoms with Crippen molar-refractivity contribution >= 4 is 43.2 Å². The maximum atomic E-state index is 4.41. The van der Waals surface area contributed by atoms with E-state index in [1.807, 2.05) is 4.68 Å². The van der Waals surface area contributed by atoms with Gasteiger partial charge in [0, 0.05) is 27.9 Å². The molecule has 0 fully saturated rings. The van der Waals surface area contributed by atoms with Gasteiger partial charge < -0.3 is 5.32 Å². The van der Waals surface area contributed by atoms with E-state index in [1.54, 1.807) is 17.7 Å². The highest BCUT2D eigenvalue weighted by atomic mass is 79.9. The van der Waals surface area contributed by atoms with E-state index >= 15 is 0 Å². The van der Waals surface area contributed by atoms with Crippen LogP contribution in [0, 0.1) is 0 Å². The molecule has 0 amide bonds. The summed E-state index contributed by atoms with van der Waals surface area (Å²) in [7, 11) is 0. The van der Waals surface area contributed by atoms with Gasteiger partial charge in [-0.2, -0.15) is 5.10 Å². The molecule has 0 saturated heterocycles. The first-order chi connectivity index (χ1) is 9.52. The second-order valence-corrected chi connectivity index (χ2v) is 8.06. The average molecular weight is 422 g/mol. The van der Waals surface area contributed by atoms with Gasteiger partial charge >= 0.3 is 0 Å². The van der Waals surface area contributed by atoms with Crippen LogP contribution in [0.3, 0.4) is 0 Å². The quantitative estimate of drug-likeness (QED) is 0.754. The summed E-state index contributed by atoms with van der Waals surface area (Å²) in [5, 5.41) is 7.84. The molecule has 1 N–H and O–H groups in total. The Balaban J connectivity index is 2.23. The smallest absolute Gasteiger partial charge is 0.138 e. The second-order valence-electron chi connectivity index (χ2n) is 4.80. The van der Waals surface area contributed by atoms with Gasteiger partial charge in [-0.05, 0) is 58.3 Å². The predicted molar refractivity (Wildman–Crippen MR) is 90.2 cm³/mol. The van der Waals surface area contributed by atoms with E-state index in [1.165, 1.54) is 4.88 Å². The topological polar surface area (TPSA) is 42.7 Å². The van der Waals surface area contributed by atoms with Crippen molar-refractivity contribution < 1.29 is 0 Å². The molecular formula is C13H18Br2N4S. The molecule has 7 heteroatoms. The summed E-state index contributed by atoms with van der Waals surface area (Å²) in [5.74, 6) is 1.02. The van der Waals surface area contributed by atoms with E-state index in [4.69, 9.17) is 0 Å². The molecule has 2 rings (SSSR count). The molecule has 2 aromatic heterocycles. The van der Waals surface area contributed by atoms with Gasteiger partial charge in [-0.1, -0.05) is 6.92 Å². The SMILES string of the molecule is CCNC(Cc1ncnn1C(C)C)c1cc(Br)c(Br)s1. The van der Waals surface area contributed by atoms with Gasteiger partial charge in [0.1, 0.15) is 12.2 Å². The molecule has 4 nitrogen and oxygen atoms in total. The molecule has 110 valence electrons. The molecule has 1 atom stereocenters. The minimum atomic E-state index is 0.259. The van der Waals surface area contributed by atoms with E-state index in [9.17, 15) is 0 Å². The Kier molecular flexibility index (Phi) is 5.77. The molecule has 0 aliphatic carbocycles. The van der Waals surface area contributed by atoms with Gasteiger partial charge in [0.25, 0.3) is 0 Å². The molecule has 0 aliphatic rings. The maximum absolute atomic E-state index is 4.41. The molecule has 0 aromatic carbocycles. The van der Waals surface area contributed by atoms with E-state index in [0.717, 1.165) is 27.0 Å². The molecule has 1 unspecified atom stereocenters. The molecule has 0 aliphatic heterocycles. The Hall–Kier alpha value is -0.240. The lowest BCUT2D eigenvalue weighted by Gasteiger charge is -2.17. The zero-order valence-electron chi connectivity index (χ0n) is 11.7. The van der Waals surface area contributed by atoms with E-state index in [0.29, 0.717) is 6.04 Å². The third kappa shape index (κ3) is 3.69. The summed E-state index contributed by atoms with van der Waals surface area (Å²) < 4.78 is 4.22. The fourth-order valence-electron chi connectivity index (χ4n) is 2.09. The van der Waals surface area contributed by atoms with Crippen LogP contribution in [0.5, 0.6) is 0 Å². The maximum Gasteiger partial charge on any atom is 0.138 e. The monoisotopic (exact) mass is 420 g/mol. The van der Waals surface area contributed by atoms with Crippen LogP contribution in [0.2, 0.25) is 0 Å². The van der Waals surface area contributed by atoms with Crippen molar-refractivity contribution in [3.05, 3.63) is 31.4 Å². The fraction of sp³-hybridized carbons (Fsp3) is 0.538. The Bertz CT molecular complexity index is 545. The van der Waals surface area contributed by atoms with Crippen LogP contribution in [-0.4, -0.2) is 21.3 Å². The number of nitrogens with zero attached hydrogens (tertiary/aromatic N) is 3. The Morgan fingerprint density at radius 3 is 2.70 bits per heavy atom. The minimum absolute atomic E-state index is 0.259. The second kappa shape index (κ2) is 7.15. The molecule has 2 heterocycles. The summed E-state index contributed by atoms with van der Waals surface area (Å²) in [6.45, 7) is 7.29. The summed E-state index contributed by atoms with van der Waals surface area (Å²) >= 11 is 8.86. The van der Waals surface area contributed by atoms with Crippen molar-refractivity contribution in [2.75, 3.05) is 6.54 Å². The van der Waals surface area contributed by atoms with Gasteiger partial charge in [0.05, 0.1) is 3.79 Å². The highest BCUT2D eigenvalue weighted by Crippen LogP contribution is 2.36. The van der Waals surface area contributed by atoms with Crippen LogP contribution in [0.25, 0.3) is 0 Å². The van der Waals surface area contributed by atoms with Gasteiger partial charge in [-0.15, -0.1) is 11.3 Å². The third-order valence-corrected chi connectivity index (χ3v) is 6.35. The molecule has 2 aromatic rings. The number of hydrogen-bond acceptors (Lipinski definition) is 4. The standard InChI is InChI=1S/C13H18Br2N4S/c1-4-16-10(11-5-9(14)13(15)20-11)6-12-17-7-18-19(12)8(2)3/h5,7-8,10,16H,4,6H2,1-3H3. The molecule has 0 saturated carbocycles. The predicted octanol–water partition coefficient (Wildman–Crippen LogP) is 4.34. The largest absolute Gasteiger partial charge is 0.309 e. The van der Waals surface area contributed by atoms with Gasteiger partial charge in [-0.3, -0.25) is 0 Å². The number of nitrogens with one attached hydrogen (secondary N) is 1. The van der Waals surface area contributed by atoms with Gasteiger partial charge in [0.15, 0.2) is 0 Å². The molecule has 20 heavy (non-hydrogen) atoms. The van der Waals surface area contributed by atoms with Crippen LogP contribution < -0.4 is 5.32 Å². The Morgan fingerprint density at radius 1 is 1.40 bits per heavy atom. The normalized spacial score (nSPS) is 13.1. The van der Waals surface area contributed by atoms with Crippen molar-refractivity contribution in [3.8, 4) is 0 Å². The zero-order valence-corrected chi connectivity index (χ0v) is 15.7. The van der Waals surface area contributed by atoms with Crippen molar-refractivity contribution in [1.82, 2.24) is 20.1 Å². The van der Waals surface area contributed by atoms with Crippen molar-refractivity contribution in [2.24, 2.45) is 0 Å². The first-order valence-electron chi connectivity index (χ1n) is 6.59. The third-order valence-electron chi connectivity index (χ3n) is 2.98. The van der Waals surface area contributed by atoms with Gasteiger partial charge in [0.2, 0.25) is 0 Å². The number of halogens is 2. The van der Waals surface area contributed by atoms with Crippen LogP contribution in [0.4, 0.5) is 0 Å². The molecular weight excluding hydrogens is 404 g/mol. The highest BCUT2D eigenvalue weighted by Gasteiger charge is 2.19. The number of hydrogen-bond donors (Lipinski definition) is 1. The van der Waals surface area contributed by atoms with Crippen LogP contribution in [-0.2, 0) is 6.42 Å². The van der Waals surface area contributed by atoms with Crippen molar-refractivity contribution in [2.45, 2.75) is 39.3 Å². The first-order valence-corrected chi connectivity index (χ1v) is 8.99. The molecule has 0 bridgehead atoms. The minimum Gasteiger partial charge on any atom is -0.309 e. The number of likely N-dealkylation sites (N-methyl/N-ethyl adjacent to an activating group) is 1. The van der Waals surface area contributed by atoms with Crippen LogP contribution in [0.1, 0.15) is 43.6 Å². The van der Waals surface area contributed by atoms with Crippen LogP contribution in [0.15, 0.2) is 20.7 Å². The fourth-order valence-corrected chi connectivity index (χ4v) is 4.25. The summed E-state index contributed by atoms with van der Waals surface area (Å²) in [5.41, 5.74) is 0. The van der Waals surface area contributed by atoms with Crippen molar-refractivity contribution in [3.63, 3.8) is 0 Å². The number of thiophene rings is 1. The van der Waals surface area contributed by atoms with Crippen LogP contribution >= 0.6 is 43.2 Å².